The molecule has 0 spiro atoms. The Morgan fingerprint density at radius 1 is 1.13 bits per heavy atom. The summed E-state index contributed by atoms with van der Waals surface area (Å²) in [7, 11) is 1.32. The van der Waals surface area contributed by atoms with Gasteiger partial charge in [-0.3, -0.25) is 9.59 Å². The van der Waals surface area contributed by atoms with Crippen LogP contribution in [0.3, 0.4) is 0 Å². The lowest BCUT2D eigenvalue weighted by Crippen LogP contribution is -2.28. The molecule has 30 heavy (non-hydrogen) atoms. The van der Waals surface area contributed by atoms with E-state index in [1.165, 1.54) is 25.3 Å². The highest BCUT2D eigenvalue weighted by molar-refractivity contribution is 5.88. The van der Waals surface area contributed by atoms with Gasteiger partial charge in [0.2, 0.25) is 0 Å². The van der Waals surface area contributed by atoms with Crippen LogP contribution in [0.25, 0.3) is 10.9 Å². The van der Waals surface area contributed by atoms with E-state index in [2.05, 4.69) is 15.0 Å². The van der Waals surface area contributed by atoms with E-state index in [1.807, 2.05) is 24.3 Å². The van der Waals surface area contributed by atoms with Crippen molar-refractivity contribution < 1.29 is 32.6 Å². The molecule has 2 aromatic carbocycles. The van der Waals surface area contributed by atoms with Crippen LogP contribution in [-0.2, 0) is 27.3 Å². The molecule has 0 aliphatic carbocycles. The van der Waals surface area contributed by atoms with Crippen LogP contribution in [0, 0.1) is 0 Å². The lowest BCUT2D eigenvalue weighted by molar-refractivity contribution is -0.147. The number of aromatic amines is 1. The van der Waals surface area contributed by atoms with Crippen LogP contribution < -0.4 is 14.8 Å². The number of carbonyl (C=O) groups is 2. The average Bonchev–Trinajstić information content (AvgIpc) is 3.14. The van der Waals surface area contributed by atoms with Crippen LogP contribution >= 0.6 is 0 Å². The fraction of sp³-hybridized carbons (Fsp3) is 0.238. The molecule has 7 nitrogen and oxygen atoms in total. The van der Waals surface area contributed by atoms with E-state index in [0.29, 0.717) is 5.56 Å². The number of ether oxygens (including phenoxy) is 3. The highest BCUT2D eigenvalue weighted by Crippen LogP contribution is 2.29. The number of hydrogen-bond acceptors (Lipinski definition) is 5. The zero-order chi connectivity index (χ0) is 21.5. The van der Waals surface area contributed by atoms with Gasteiger partial charge in [-0.1, -0.05) is 24.3 Å². The average molecular weight is 418 g/mol. The number of para-hydroxylation sites is 1. The predicted molar refractivity (Wildman–Crippen MR) is 104 cm³/mol. The molecule has 0 saturated carbocycles. The Morgan fingerprint density at radius 3 is 2.70 bits per heavy atom. The second kappa shape index (κ2) is 9.73. The number of rotatable bonds is 9. The van der Waals surface area contributed by atoms with Crippen LogP contribution in [0.5, 0.6) is 11.5 Å². The van der Waals surface area contributed by atoms with Gasteiger partial charge in [0.05, 0.1) is 13.5 Å². The number of amides is 1. The molecular weight excluding hydrogens is 398 g/mol. The lowest BCUT2D eigenvalue weighted by Gasteiger charge is -2.12. The quantitative estimate of drug-likeness (QED) is 0.521. The topological polar surface area (TPSA) is 89.6 Å². The normalized spacial score (nSPS) is 10.8. The monoisotopic (exact) mass is 418 g/mol. The van der Waals surface area contributed by atoms with Crippen molar-refractivity contribution in [2.45, 2.75) is 19.6 Å². The number of esters is 1. The molecule has 2 N–H and O–H groups in total. The Hall–Kier alpha value is -3.62. The van der Waals surface area contributed by atoms with Gasteiger partial charge in [-0.15, -0.1) is 0 Å². The summed E-state index contributed by atoms with van der Waals surface area (Å²) in [5.41, 5.74) is 2.31. The molecule has 0 radical (unpaired) electrons. The molecule has 1 amide bonds. The highest BCUT2D eigenvalue weighted by atomic mass is 19.3. The molecule has 0 atom stereocenters. The van der Waals surface area contributed by atoms with Crippen molar-refractivity contribution in [3.63, 3.8) is 0 Å². The van der Waals surface area contributed by atoms with E-state index in [0.717, 1.165) is 16.5 Å². The van der Waals surface area contributed by atoms with Gasteiger partial charge in [0.15, 0.2) is 18.1 Å². The number of hydrogen-bond donors (Lipinski definition) is 2. The van der Waals surface area contributed by atoms with Crippen LogP contribution in [0.1, 0.15) is 11.1 Å². The smallest absolute Gasteiger partial charge is 0.387 e. The van der Waals surface area contributed by atoms with Gasteiger partial charge in [-0.25, -0.2) is 0 Å². The standard InChI is InChI=1S/C21H20F2N2O5/c1-28-18-8-13(6-7-17(18)30-21(22)23)10-25-19(26)12-29-20(27)9-14-11-24-16-5-3-2-4-15(14)16/h2-8,11,21,24H,9-10,12H2,1H3,(H,25,26). The summed E-state index contributed by atoms with van der Waals surface area (Å²) in [5, 5.41) is 3.51. The maximum Gasteiger partial charge on any atom is 0.387 e. The number of fused-ring (bicyclic) bond motifs is 1. The van der Waals surface area contributed by atoms with Gasteiger partial charge in [0.1, 0.15) is 0 Å². The largest absolute Gasteiger partial charge is 0.493 e. The van der Waals surface area contributed by atoms with Crippen LogP contribution in [-0.4, -0.2) is 37.2 Å². The Morgan fingerprint density at radius 2 is 1.93 bits per heavy atom. The van der Waals surface area contributed by atoms with Crippen molar-refractivity contribution in [1.29, 1.82) is 0 Å². The first-order valence-electron chi connectivity index (χ1n) is 9.05. The van der Waals surface area contributed by atoms with Gasteiger partial charge in [-0.05, 0) is 29.3 Å². The van der Waals surface area contributed by atoms with E-state index in [4.69, 9.17) is 9.47 Å². The van der Waals surface area contributed by atoms with Crippen LogP contribution in [0.2, 0.25) is 0 Å². The molecule has 0 aliphatic heterocycles. The van der Waals surface area contributed by atoms with Crippen molar-refractivity contribution in [2.24, 2.45) is 0 Å². The summed E-state index contributed by atoms with van der Waals surface area (Å²) in [6, 6.07) is 11.9. The molecule has 158 valence electrons. The van der Waals surface area contributed by atoms with Gasteiger partial charge >= 0.3 is 12.6 Å². The molecule has 0 aliphatic rings. The number of nitrogens with one attached hydrogen (secondary N) is 2. The van der Waals surface area contributed by atoms with Crippen molar-refractivity contribution in [3.05, 3.63) is 59.8 Å². The number of aromatic nitrogens is 1. The lowest BCUT2D eigenvalue weighted by atomic mass is 10.1. The molecule has 1 heterocycles. The number of carbonyl (C=O) groups excluding carboxylic acids is 2. The molecule has 1 aromatic heterocycles. The molecule has 9 heteroatoms. The highest BCUT2D eigenvalue weighted by Gasteiger charge is 2.13. The Kier molecular flexibility index (Phi) is 6.84. The van der Waals surface area contributed by atoms with E-state index in [1.54, 1.807) is 6.20 Å². The Balaban J connectivity index is 1.47. The maximum absolute atomic E-state index is 12.4. The summed E-state index contributed by atoms with van der Waals surface area (Å²) in [6.07, 6.45) is 1.78. The minimum absolute atomic E-state index is 0.0418. The predicted octanol–water partition coefficient (Wildman–Crippen LogP) is 3.18. The summed E-state index contributed by atoms with van der Waals surface area (Å²) < 4.78 is 39.1. The Labute approximate surface area is 170 Å². The molecule has 3 rings (SSSR count). The zero-order valence-corrected chi connectivity index (χ0v) is 16.1. The van der Waals surface area contributed by atoms with Crippen LogP contribution in [0.4, 0.5) is 8.78 Å². The molecule has 0 bridgehead atoms. The van der Waals surface area contributed by atoms with Gasteiger partial charge < -0.3 is 24.5 Å². The van der Waals surface area contributed by atoms with Gasteiger partial charge in [0.25, 0.3) is 5.91 Å². The maximum atomic E-state index is 12.4. The molecule has 0 fully saturated rings. The summed E-state index contributed by atoms with van der Waals surface area (Å²) >= 11 is 0. The van der Waals surface area contributed by atoms with Crippen molar-refractivity contribution in [3.8, 4) is 11.5 Å². The zero-order valence-electron chi connectivity index (χ0n) is 16.1. The third kappa shape index (κ3) is 5.47. The Bertz CT molecular complexity index is 1040. The third-order valence-corrected chi connectivity index (χ3v) is 4.31. The number of benzene rings is 2. The SMILES string of the molecule is COc1cc(CNC(=O)COC(=O)Cc2c[nH]c3ccccc23)ccc1OC(F)F. The van der Waals surface area contributed by atoms with Crippen molar-refractivity contribution in [2.75, 3.05) is 13.7 Å². The summed E-state index contributed by atoms with van der Waals surface area (Å²) in [5.74, 6) is -1.000. The first kappa shape index (κ1) is 21.1. The first-order valence-corrected chi connectivity index (χ1v) is 9.05. The van der Waals surface area contributed by atoms with Crippen molar-refractivity contribution >= 4 is 22.8 Å². The summed E-state index contributed by atoms with van der Waals surface area (Å²) in [4.78, 5) is 27.1. The number of halogens is 2. The van der Waals surface area contributed by atoms with Crippen molar-refractivity contribution in [1.82, 2.24) is 10.3 Å². The first-order chi connectivity index (χ1) is 14.5. The second-order valence-electron chi connectivity index (χ2n) is 6.34. The van der Waals surface area contributed by atoms with E-state index in [9.17, 15) is 18.4 Å². The second-order valence-corrected chi connectivity index (χ2v) is 6.34. The molecule has 0 unspecified atom stereocenters. The fourth-order valence-corrected chi connectivity index (χ4v) is 2.90. The third-order valence-electron chi connectivity index (χ3n) is 4.31. The number of H-pyrrole nitrogens is 1. The van der Waals surface area contributed by atoms with E-state index in [-0.39, 0.29) is 24.5 Å². The summed E-state index contributed by atoms with van der Waals surface area (Å²) in [6.45, 7) is -3.29. The minimum Gasteiger partial charge on any atom is -0.493 e. The van der Waals surface area contributed by atoms with Gasteiger partial charge in [-0.2, -0.15) is 8.78 Å². The van der Waals surface area contributed by atoms with E-state index >= 15 is 0 Å². The molecular formula is C21H20F2N2O5. The fourth-order valence-electron chi connectivity index (χ4n) is 2.90. The molecule has 3 aromatic rings. The number of methoxy groups -OCH3 is 1. The van der Waals surface area contributed by atoms with E-state index < -0.39 is 25.1 Å². The minimum atomic E-state index is -2.97. The molecule has 0 saturated heterocycles. The van der Waals surface area contributed by atoms with Gasteiger partial charge in [0, 0.05) is 23.6 Å². The number of alkyl halides is 2. The van der Waals surface area contributed by atoms with Crippen LogP contribution in [0.15, 0.2) is 48.7 Å².